The molecule has 0 saturated carbocycles. The second-order valence-electron chi connectivity index (χ2n) is 3.90. The minimum absolute atomic E-state index is 0.284. The van der Waals surface area contributed by atoms with E-state index in [1.54, 1.807) is 32.5 Å². The van der Waals surface area contributed by atoms with Gasteiger partial charge in [-0.1, -0.05) is 6.92 Å². The maximum atomic E-state index is 10.0. The monoisotopic (exact) mass is 225 g/mol. The Morgan fingerprint density at radius 3 is 2.81 bits per heavy atom. The summed E-state index contributed by atoms with van der Waals surface area (Å²) in [5, 5.41) is 10.0. The van der Waals surface area contributed by atoms with E-state index in [1.807, 2.05) is 6.92 Å². The molecule has 1 heterocycles. The van der Waals surface area contributed by atoms with E-state index in [9.17, 15) is 5.11 Å². The molecule has 1 aromatic rings. The zero-order chi connectivity index (χ0) is 12.0. The number of aromatic nitrogens is 1. The van der Waals surface area contributed by atoms with Crippen molar-refractivity contribution in [3.05, 3.63) is 24.0 Å². The molecule has 0 amide bonds. The van der Waals surface area contributed by atoms with Gasteiger partial charge in [-0.25, -0.2) is 0 Å². The molecule has 1 rings (SSSR count). The van der Waals surface area contributed by atoms with Crippen LogP contribution in [-0.4, -0.2) is 30.9 Å². The van der Waals surface area contributed by atoms with Crippen molar-refractivity contribution in [1.29, 1.82) is 0 Å². The van der Waals surface area contributed by atoms with Crippen molar-refractivity contribution in [1.82, 2.24) is 4.98 Å². The fourth-order valence-corrected chi connectivity index (χ4v) is 1.67. The maximum Gasteiger partial charge on any atom is 0.143 e. The normalized spacial score (nSPS) is 14.5. The standard InChI is InChI=1S/C12H19NO3/c1-9(8-15-2)7-10(14)12-11(16-3)5-4-6-13-12/h4-6,9-10,14H,7-8H2,1-3H3. The van der Waals surface area contributed by atoms with Crippen molar-refractivity contribution in [3.63, 3.8) is 0 Å². The maximum absolute atomic E-state index is 10.0. The van der Waals surface area contributed by atoms with Gasteiger partial charge in [0.05, 0.1) is 7.11 Å². The Morgan fingerprint density at radius 2 is 2.19 bits per heavy atom. The van der Waals surface area contributed by atoms with Crippen LogP contribution < -0.4 is 4.74 Å². The number of hydrogen-bond acceptors (Lipinski definition) is 4. The van der Waals surface area contributed by atoms with E-state index < -0.39 is 6.10 Å². The molecular formula is C12H19NO3. The van der Waals surface area contributed by atoms with Crippen LogP contribution >= 0.6 is 0 Å². The molecule has 0 fully saturated rings. The average molecular weight is 225 g/mol. The van der Waals surface area contributed by atoms with Crippen molar-refractivity contribution >= 4 is 0 Å². The van der Waals surface area contributed by atoms with Gasteiger partial charge in [0.15, 0.2) is 0 Å². The summed E-state index contributed by atoms with van der Waals surface area (Å²) in [6.07, 6.45) is 1.66. The number of aliphatic hydroxyl groups excluding tert-OH is 1. The summed E-state index contributed by atoms with van der Waals surface area (Å²) < 4.78 is 10.2. The van der Waals surface area contributed by atoms with E-state index in [4.69, 9.17) is 9.47 Å². The fraction of sp³-hybridized carbons (Fsp3) is 0.583. The first-order chi connectivity index (χ1) is 7.69. The summed E-state index contributed by atoms with van der Waals surface area (Å²) in [5.74, 6) is 0.909. The predicted molar refractivity (Wildman–Crippen MR) is 61.4 cm³/mol. The zero-order valence-electron chi connectivity index (χ0n) is 10.0. The first-order valence-electron chi connectivity index (χ1n) is 5.35. The zero-order valence-corrected chi connectivity index (χ0v) is 10.0. The van der Waals surface area contributed by atoms with Crippen LogP contribution in [-0.2, 0) is 4.74 Å². The molecular weight excluding hydrogens is 206 g/mol. The minimum Gasteiger partial charge on any atom is -0.495 e. The van der Waals surface area contributed by atoms with Crippen molar-refractivity contribution in [2.45, 2.75) is 19.4 Å². The van der Waals surface area contributed by atoms with Crippen LogP contribution in [0.1, 0.15) is 25.1 Å². The molecule has 2 unspecified atom stereocenters. The van der Waals surface area contributed by atoms with Crippen LogP contribution in [0, 0.1) is 5.92 Å². The van der Waals surface area contributed by atoms with E-state index in [-0.39, 0.29) is 5.92 Å². The highest BCUT2D eigenvalue weighted by Crippen LogP contribution is 2.26. The number of rotatable bonds is 6. The van der Waals surface area contributed by atoms with Gasteiger partial charge in [0.25, 0.3) is 0 Å². The third kappa shape index (κ3) is 3.47. The molecule has 90 valence electrons. The predicted octanol–water partition coefficient (Wildman–Crippen LogP) is 1.80. The van der Waals surface area contributed by atoms with Gasteiger partial charge in [-0.2, -0.15) is 0 Å². The summed E-state index contributed by atoms with van der Waals surface area (Å²) >= 11 is 0. The largest absolute Gasteiger partial charge is 0.495 e. The van der Waals surface area contributed by atoms with Crippen LogP contribution in [0.4, 0.5) is 0 Å². The number of methoxy groups -OCH3 is 2. The van der Waals surface area contributed by atoms with E-state index in [2.05, 4.69) is 4.98 Å². The van der Waals surface area contributed by atoms with Gasteiger partial charge >= 0.3 is 0 Å². The number of hydrogen-bond donors (Lipinski definition) is 1. The lowest BCUT2D eigenvalue weighted by Crippen LogP contribution is -2.11. The van der Waals surface area contributed by atoms with Gasteiger partial charge in [0.1, 0.15) is 17.5 Å². The lowest BCUT2D eigenvalue weighted by molar-refractivity contribution is 0.0977. The molecule has 0 aliphatic carbocycles. The molecule has 4 heteroatoms. The number of pyridine rings is 1. The third-order valence-corrected chi connectivity index (χ3v) is 2.41. The molecule has 0 aliphatic heterocycles. The second kappa shape index (κ2) is 6.45. The van der Waals surface area contributed by atoms with Crippen LogP contribution in [0.15, 0.2) is 18.3 Å². The molecule has 0 bridgehead atoms. The highest BCUT2D eigenvalue weighted by Gasteiger charge is 2.17. The summed E-state index contributed by atoms with van der Waals surface area (Å²) in [6, 6.07) is 3.58. The lowest BCUT2D eigenvalue weighted by Gasteiger charge is -2.17. The van der Waals surface area contributed by atoms with Crippen molar-refractivity contribution < 1.29 is 14.6 Å². The van der Waals surface area contributed by atoms with Gasteiger partial charge in [-0.3, -0.25) is 4.98 Å². The minimum atomic E-state index is -0.610. The molecule has 0 radical (unpaired) electrons. The Kier molecular flexibility index (Phi) is 5.22. The van der Waals surface area contributed by atoms with Crippen molar-refractivity contribution in [2.75, 3.05) is 20.8 Å². The molecule has 2 atom stereocenters. The Labute approximate surface area is 96.2 Å². The Bertz CT molecular complexity index is 317. The molecule has 0 spiro atoms. The molecule has 1 N–H and O–H groups in total. The lowest BCUT2D eigenvalue weighted by atomic mass is 10.0. The molecule has 1 aromatic heterocycles. The van der Waals surface area contributed by atoms with Crippen LogP contribution in [0.2, 0.25) is 0 Å². The van der Waals surface area contributed by atoms with Gasteiger partial charge in [-0.05, 0) is 24.5 Å². The van der Waals surface area contributed by atoms with Gasteiger partial charge < -0.3 is 14.6 Å². The molecule has 0 aliphatic rings. The van der Waals surface area contributed by atoms with E-state index in [0.29, 0.717) is 24.5 Å². The smallest absolute Gasteiger partial charge is 0.143 e. The van der Waals surface area contributed by atoms with Crippen LogP contribution in [0.25, 0.3) is 0 Å². The molecule has 0 saturated heterocycles. The summed E-state index contributed by atoms with van der Waals surface area (Å²) in [5.41, 5.74) is 0.591. The molecule has 16 heavy (non-hydrogen) atoms. The van der Waals surface area contributed by atoms with E-state index in [1.165, 1.54) is 0 Å². The van der Waals surface area contributed by atoms with Gasteiger partial charge in [0.2, 0.25) is 0 Å². The Balaban J connectivity index is 2.68. The van der Waals surface area contributed by atoms with Gasteiger partial charge in [0, 0.05) is 19.9 Å². The second-order valence-corrected chi connectivity index (χ2v) is 3.90. The summed E-state index contributed by atoms with van der Waals surface area (Å²) in [7, 11) is 3.23. The average Bonchev–Trinajstić information content (AvgIpc) is 2.29. The van der Waals surface area contributed by atoms with Crippen molar-refractivity contribution in [3.8, 4) is 5.75 Å². The van der Waals surface area contributed by atoms with Crippen LogP contribution in [0.3, 0.4) is 0 Å². The number of nitrogens with zero attached hydrogens (tertiary/aromatic N) is 1. The Hall–Kier alpha value is -1.13. The highest BCUT2D eigenvalue weighted by atomic mass is 16.5. The number of aliphatic hydroxyl groups is 1. The first-order valence-corrected chi connectivity index (χ1v) is 5.35. The quantitative estimate of drug-likeness (QED) is 0.802. The van der Waals surface area contributed by atoms with Gasteiger partial charge in [-0.15, -0.1) is 0 Å². The summed E-state index contributed by atoms with van der Waals surface area (Å²) in [6.45, 7) is 2.66. The van der Waals surface area contributed by atoms with E-state index in [0.717, 1.165) is 0 Å². The van der Waals surface area contributed by atoms with Crippen molar-refractivity contribution in [2.24, 2.45) is 5.92 Å². The SMILES string of the molecule is COCC(C)CC(O)c1ncccc1OC. The summed E-state index contributed by atoms with van der Waals surface area (Å²) in [4.78, 5) is 4.15. The topological polar surface area (TPSA) is 51.6 Å². The first kappa shape index (κ1) is 12.9. The highest BCUT2D eigenvalue weighted by molar-refractivity contribution is 5.28. The van der Waals surface area contributed by atoms with E-state index >= 15 is 0 Å². The molecule has 4 nitrogen and oxygen atoms in total. The number of ether oxygens (including phenoxy) is 2. The fourth-order valence-electron chi connectivity index (χ4n) is 1.67. The Morgan fingerprint density at radius 1 is 1.44 bits per heavy atom. The molecule has 0 aromatic carbocycles. The van der Waals surface area contributed by atoms with Crippen LogP contribution in [0.5, 0.6) is 5.75 Å². The third-order valence-electron chi connectivity index (χ3n) is 2.41.